The Morgan fingerprint density at radius 2 is 1.64 bits per heavy atom. The first-order chi connectivity index (χ1) is 12.2. The molecule has 0 radical (unpaired) electrons. The van der Waals surface area contributed by atoms with Crippen LogP contribution in [0.3, 0.4) is 0 Å². The van der Waals surface area contributed by atoms with Gasteiger partial charge in [-0.2, -0.15) is 0 Å². The van der Waals surface area contributed by atoms with Crippen LogP contribution in [-0.2, 0) is 19.0 Å². The maximum Gasteiger partial charge on any atom is 0.339 e. The SMILES string of the molecule is CCCCCCCCOCCC[C@@]1([C@]2(C(=O)O)CCCO2)CCCO1. The van der Waals surface area contributed by atoms with E-state index >= 15 is 0 Å². The zero-order valence-corrected chi connectivity index (χ0v) is 15.9. The summed E-state index contributed by atoms with van der Waals surface area (Å²) < 4.78 is 17.5. The molecule has 2 saturated heterocycles. The summed E-state index contributed by atoms with van der Waals surface area (Å²) >= 11 is 0. The van der Waals surface area contributed by atoms with E-state index in [1.54, 1.807) is 0 Å². The van der Waals surface area contributed by atoms with Gasteiger partial charge in [-0.3, -0.25) is 0 Å². The molecule has 0 bridgehead atoms. The molecule has 0 amide bonds. The van der Waals surface area contributed by atoms with Crippen molar-refractivity contribution in [3.8, 4) is 0 Å². The van der Waals surface area contributed by atoms with Crippen molar-refractivity contribution < 1.29 is 24.1 Å². The Morgan fingerprint density at radius 1 is 0.960 bits per heavy atom. The van der Waals surface area contributed by atoms with Crippen LogP contribution in [0.1, 0.15) is 84.0 Å². The van der Waals surface area contributed by atoms with Gasteiger partial charge in [0.15, 0.2) is 5.60 Å². The van der Waals surface area contributed by atoms with Crippen molar-refractivity contribution in [1.29, 1.82) is 0 Å². The lowest BCUT2D eigenvalue weighted by Gasteiger charge is -2.41. The highest BCUT2D eigenvalue weighted by Gasteiger charge is 2.61. The van der Waals surface area contributed by atoms with Crippen LogP contribution in [0, 0.1) is 0 Å². The number of carboxylic acid groups (broad SMARTS) is 1. The number of carboxylic acids is 1. The second-order valence-corrected chi connectivity index (χ2v) is 7.51. The first-order valence-corrected chi connectivity index (χ1v) is 10.3. The number of unbranched alkanes of at least 4 members (excludes halogenated alkanes) is 5. The Bertz CT molecular complexity index is 384. The molecule has 0 spiro atoms. The normalized spacial score (nSPS) is 29.3. The van der Waals surface area contributed by atoms with E-state index in [4.69, 9.17) is 14.2 Å². The van der Waals surface area contributed by atoms with Crippen LogP contribution in [0.2, 0.25) is 0 Å². The first kappa shape index (κ1) is 20.7. The Labute approximate surface area is 152 Å². The van der Waals surface area contributed by atoms with Crippen molar-refractivity contribution in [2.75, 3.05) is 26.4 Å². The predicted octanol–water partition coefficient (Wildman–Crippen LogP) is 4.33. The number of hydrogen-bond acceptors (Lipinski definition) is 4. The van der Waals surface area contributed by atoms with Gasteiger partial charge in [0, 0.05) is 26.4 Å². The number of aliphatic carboxylic acids is 1. The topological polar surface area (TPSA) is 65.0 Å². The highest BCUT2D eigenvalue weighted by Crippen LogP contribution is 2.47. The van der Waals surface area contributed by atoms with E-state index in [0.717, 1.165) is 38.7 Å². The standard InChI is InChI=1S/C20H36O5/c1-2-3-4-5-6-7-14-23-15-8-11-19(12-9-16-24-19)20(18(21)22)13-10-17-25-20/h2-17H2,1H3,(H,21,22)/t19-,20+/m0/s1. The molecule has 5 heteroatoms. The van der Waals surface area contributed by atoms with Gasteiger partial charge >= 0.3 is 5.97 Å². The van der Waals surface area contributed by atoms with Gasteiger partial charge in [0.1, 0.15) is 5.60 Å². The van der Waals surface area contributed by atoms with Crippen molar-refractivity contribution in [3.05, 3.63) is 0 Å². The van der Waals surface area contributed by atoms with Gasteiger partial charge in [0.25, 0.3) is 0 Å². The van der Waals surface area contributed by atoms with Crippen LogP contribution >= 0.6 is 0 Å². The number of hydrogen-bond donors (Lipinski definition) is 1. The summed E-state index contributed by atoms with van der Waals surface area (Å²) in [5, 5.41) is 9.81. The van der Waals surface area contributed by atoms with Gasteiger partial charge in [-0.1, -0.05) is 39.0 Å². The lowest BCUT2D eigenvalue weighted by Crippen LogP contribution is -2.58. The molecule has 2 rings (SSSR count). The summed E-state index contributed by atoms with van der Waals surface area (Å²) in [5.41, 5.74) is -1.82. The van der Waals surface area contributed by atoms with Gasteiger partial charge in [-0.05, 0) is 44.9 Å². The molecule has 0 aliphatic carbocycles. The van der Waals surface area contributed by atoms with E-state index in [1.807, 2.05) is 0 Å². The molecule has 2 fully saturated rings. The fourth-order valence-corrected chi connectivity index (χ4v) is 4.32. The van der Waals surface area contributed by atoms with Crippen LogP contribution in [-0.4, -0.2) is 48.7 Å². The molecule has 0 unspecified atom stereocenters. The second-order valence-electron chi connectivity index (χ2n) is 7.51. The third kappa shape index (κ3) is 5.18. The first-order valence-electron chi connectivity index (χ1n) is 10.3. The number of carbonyl (C=O) groups is 1. The average Bonchev–Trinajstić information content (AvgIpc) is 3.27. The third-order valence-corrected chi connectivity index (χ3v) is 5.72. The molecule has 2 aliphatic rings. The molecule has 0 aromatic carbocycles. The quantitative estimate of drug-likeness (QED) is 0.498. The van der Waals surface area contributed by atoms with E-state index in [-0.39, 0.29) is 0 Å². The monoisotopic (exact) mass is 356 g/mol. The van der Waals surface area contributed by atoms with E-state index < -0.39 is 17.2 Å². The van der Waals surface area contributed by atoms with Gasteiger partial charge in [0.2, 0.25) is 0 Å². The van der Waals surface area contributed by atoms with Gasteiger partial charge < -0.3 is 19.3 Å². The molecule has 0 saturated carbocycles. The van der Waals surface area contributed by atoms with Crippen LogP contribution in [0.15, 0.2) is 0 Å². The minimum atomic E-state index is -1.15. The maximum atomic E-state index is 12.0. The smallest absolute Gasteiger partial charge is 0.339 e. The van der Waals surface area contributed by atoms with Crippen LogP contribution in [0.4, 0.5) is 0 Å². The van der Waals surface area contributed by atoms with Crippen LogP contribution in [0.25, 0.3) is 0 Å². The molecule has 146 valence electrons. The average molecular weight is 357 g/mol. The minimum Gasteiger partial charge on any atom is -0.479 e. The Balaban J connectivity index is 1.69. The fraction of sp³-hybridized carbons (Fsp3) is 0.950. The Hall–Kier alpha value is -0.650. The molecule has 2 heterocycles. The molecule has 5 nitrogen and oxygen atoms in total. The second kappa shape index (κ2) is 10.5. The Morgan fingerprint density at radius 3 is 2.28 bits per heavy atom. The van der Waals surface area contributed by atoms with Gasteiger partial charge in [-0.15, -0.1) is 0 Å². The van der Waals surface area contributed by atoms with Crippen molar-refractivity contribution in [2.24, 2.45) is 0 Å². The lowest BCUT2D eigenvalue weighted by molar-refractivity contribution is -0.201. The summed E-state index contributed by atoms with van der Waals surface area (Å²) in [4.78, 5) is 12.0. The molecule has 2 atom stereocenters. The number of ether oxygens (including phenoxy) is 3. The van der Waals surface area contributed by atoms with Gasteiger partial charge in [-0.25, -0.2) is 4.79 Å². The van der Waals surface area contributed by atoms with Crippen molar-refractivity contribution in [1.82, 2.24) is 0 Å². The molecular weight excluding hydrogens is 320 g/mol. The third-order valence-electron chi connectivity index (χ3n) is 5.72. The lowest BCUT2D eigenvalue weighted by atomic mass is 9.75. The van der Waals surface area contributed by atoms with Crippen molar-refractivity contribution in [3.63, 3.8) is 0 Å². The highest BCUT2D eigenvalue weighted by atomic mass is 16.6. The molecule has 25 heavy (non-hydrogen) atoms. The summed E-state index contributed by atoms with van der Waals surface area (Å²) in [7, 11) is 0. The Kier molecular flexibility index (Phi) is 8.67. The van der Waals surface area contributed by atoms with Gasteiger partial charge in [0.05, 0.1) is 0 Å². The summed E-state index contributed by atoms with van der Waals surface area (Å²) in [5.74, 6) is -0.861. The van der Waals surface area contributed by atoms with Crippen LogP contribution in [0.5, 0.6) is 0 Å². The van der Waals surface area contributed by atoms with Crippen molar-refractivity contribution in [2.45, 2.75) is 95.2 Å². The maximum absolute atomic E-state index is 12.0. The van der Waals surface area contributed by atoms with E-state index in [2.05, 4.69) is 6.92 Å². The molecule has 2 aliphatic heterocycles. The largest absolute Gasteiger partial charge is 0.479 e. The molecule has 0 aromatic heterocycles. The summed E-state index contributed by atoms with van der Waals surface area (Å²) in [6.45, 7) is 4.87. The predicted molar refractivity (Wildman–Crippen MR) is 96.9 cm³/mol. The molecular formula is C20H36O5. The minimum absolute atomic E-state index is 0.520. The van der Waals surface area contributed by atoms with E-state index in [1.165, 1.54) is 32.1 Å². The fourth-order valence-electron chi connectivity index (χ4n) is 4.32. The van der Waals surface area contributed by atoms with E-state index in [0.29, 0.717) is 32.7 Å². The van der Waals surface area contributed by atoms with E-state index in [9.17, 15) is 9.90 Å². The number of rotatable bonds is 13. The summed E-state index contributed by atoms with van der Waals surface area (Å²) in [6, 6.07) is 0. The van der Waals surface area contributed by atoms with Crippen LogP contribution < -0.4 is 0 Å². The zero-order chi connectivity index (χ0) is 18.0. The molecule has 0 aromatic rings. The highest BCUT2D eigenvalue weighted by molar-refractivity contribution is 5.80. The van der Waals surface area contributed by atoms with Crippen molar-refractivity contribution >= 4 is 5.97 Å². The molecule has 1 N–H and O–H groups in total. The summed E-state index contributed by atoms with van der Waals surface area (Å²) in [6.07, 6.45) is 12.2. The zero-order valence-electron chi connectivity index (χ0n) is 15.9.